The summed E-state index contributed by atoms with van der Waals surface area (Å²) in [6.45, 7) is 4.76. The molecule has 20 heavy (non-hydrogen) atoms. The second kappa shape index (κ2) is 6.41. The first kappa shape index (κ1) is 15.1. The Kier molecular flexibility index (Phi) is 4.83. The van der Waals surface area contributed by atoms with Crippen molar-refractivity contribution in [2.45, 2.75) is 19.4 Å². The molecule has 1 saturated heterocycles. The van der Waals surface area contributed by atoms with Crippen molar-refractivity contribution >= 4 is 23.3 Å². The van der Waals surface area contributed by atoms with E-state index in [0.29, 0.717) is 16.4 Å². The Morgan fingerprint density at radius 1 is 1.50 bits per heavy atom. The topological polar surface area (TPSA) is 48.5 Å². The number of hydrogen-bond donors (Lipinski definition) is 1. The SMILES string of the molecule is CNc1ncc(C(=O)N2CCCN(C)CC2C)cc1Cl. The zero-order chi connectivity index (χ0) is 14.7. The highest BCUT2D eigenvalue weighted by molar-refractivity contribution is 6.33. The average Bonchev–Trinajstić information content (AvgIpc) is 2.58. The summed E-state index contributed by atoms with van der Waals surface area (Å²) < 4.78 is 0. The second-order valence-electron chi connectivity index (χ2n) is 5.27. The van der Waals surface area contributed by atoms with E-state index in [-0.39, 0.29) is 11.9 Å². The molecule has 1 aromatic rings. The van der Waals surface area contributed by atoms with Gasteiger partial charge in [-0.2, -0.15) is 0 Å². The number of carbonyl (C=O) groups excluding carboxylic acids is 1. The normalized spacial score (nSPS) is 20.6. The van der Waals surface area contributed by atoms with E-state index < -0.39 is 0 Å². The van der Waals surface area contributed by atoms with Crippen LogP contribution in [0.4, 0.5) is 5.82 Å². The number of pyridine rings is 1. The summed E-state index contributed by atoms with van der Waals surface area (Å²) in [7, 11) is 3.84. The zero-order valence-electron chi connectivity index (χ0n) is 12.2. The van der Waals surface area contributed by atoms with E-state index in [1.54, 1.807) is 19.3 Å². The fraction of sp³-hybridized carbons (Fsp3) is 0.571. The van der Waals surface area contributed by atoms with Gasteiger partial charge in [0.15, 0.2) is 0 Å². The van der Waals surface area contributed by atoms with E-state index in [4.69, 9.17) is 11.6 Å². The molecule has 0 spiro atoms. The lowest BCUT2D eigenvalue weighted by Crippen LogP contribution is -2.42. The number of halogens is 1. The standard InChI is InChI=1S/C14H21ClN4O/c1-10-9-18(3)5-4-6-19(10)14(20)11-7-12(15)13(16-2)17-8-11/h7-8,10H,4-6,9H2,1-3H3,(H,16,17). The smallest absolute Gasteiger partial charge is 0.255 e. The number of likely N-dealkylation sites (N-methyl/N-ethyl adjacent to an activating group) is 1. The molecule has 1 aliphatic heterocycles. The number of rotatable bonds is 2. The van der Waals surface area contributed by atoms with E-state index in [0.717, 1.165) is 26.1 Å². The quantitative estimate of drug-likeness (QED) is 0.906. The summed E-state index contributed by atoms with van der Waals surface area (Å²) in [5.41, 5.74) is 0.547. The number of carbonyl (C=O) groups is 1. The van der Waals surface area contributed by atoms with Gasteiger partial charge < -0.3 is 15.1 Å². The maximum atomic E-state index is 12.6. The number of aromatic nitrogens is 1. The molecule has 0 bridgehead atoms. The lowest BCUT2D eigenvalue weighted by molar-refractivity contribution is 0.0696. The van der Waals surface area contributed by atoms with Gasteiger partial charge in [0, 0.05) is 32.4 Å². The van der Waals surface area contributed by atoms with E-state index in [1.807, 2.05) is 4.90 Å². The second-order valence-corrected chi connectivity index (χ2v) is 5.67. The molecule has 1 atom stereocenters. The lowest BCUT2D eigenvalue weighted by atomic mass is 10.2. The van der Waals surface area contributed by atoms with Crippen LogP contribution in [0, 0.1) is 0 Å². The molecule has 6 heteroatoms. The van der Waals surface area contributed by atoms with Crippen molar-refractivity contribution in [3.8, 4) is 0 Å². The summed E-state index contributed by atoms with van der Waals surface area (Å²) in [6, 6.07) is 1.88. The molecule has 2 heterocycles. The molecular weight excluding hydrogens is 276 g/mol. The first-order valence-corrected chi connectivity index (χ1v) is 7.23. The van der Waals surface area contributed by atoms with Crippen LogP contribution in [0.5, 0.6) is 0 Å². The number of nitrogens with one attached hydrogen (secondary N) is 1. The molecule has 1 aromatic heterocycles. The summed E-state index contributed by atoms with van der Waals surface area (Å²) in [6.07, 6.45) is 2.57. The molecule has 0 saturated carbocycles. The summed E-state index contributed by atoms with van der Waals surface area (Å²) in [5, 5.41) is 3.36. The minimum Gasteiger partial charge on any atom is -0.372 e. The molecule has 1 N–H and O–H groups in total. The van der Waals surface area contributed by atoms with Crippen molar-refractivity contribution in [2.24, 2.45) is 0 Å². The minimum absolute atomic E-state index is 0.00449. The predicted molar refractivity (Wildman–Crippen MR) is 81.4 cm³/mol. The van der Waals surface area contributed by atoms with Crippen LogP contribution in [0.3, 0.4) is 0 Å². The van der Waals surface area contributed by atoms with Gasteiger partial charge >= 0.3 is 0 Å². The Hall–Kier alpha value is -1.33. The molecule has 1 aliphatic rings. The first-order chi connectivity index (χ1) is 9.52. The van der Waals surface area contributed by atoms with Crippen molar-refractivity contribution < 1.29 is 4.79 Å². The van der Waals surface area contributed by atoms with Crippen molar-refractivity contribution in [1.82, 2.24) is 14.8 Å². The van der Waals surface area contributed by atoms with Crippen molar-refractivity contribution in [3.05, 3.63) is 22.8 Å². The third-order valence-electron chi connectivity index (χ3n) is 3.63. The van der Waals surface area contributed by atoms with Gasteiger partial charge in [-0.05, 0) is 33.0 Å². The van der Waals surface area contributed by atoms with Crippen LogP contribution < -0.4 is 5.32 Å². The molecule has 2 rings (SSSR count). The summed E-state index contributed by atoms with van der Waals surface area (Å²) in [4.78, 5) is 21.0. The van der Waals surface area contributed by atoms with Crippen LogP contribution in [0.25, 0.3) is 0 Å². The third-order valence-corrected chi connectivity index (χ3v) is 3.92. The fourth-order valence-corrected chi connectivity index (χ4v) is 2.84. The molecule has 1 fully saturated rings. The van der Waals surface area contributed by atoms with Gasteiger partial charge in [-0.25, -0.2) is 4.98 Å². The van der Waals surface area contributed by atoms with E-state index >= 15 is 0 Å². The number of hydrogen-bond acceptors (Lipinski definition) is 4. The Morgan fingerprint density at radius 2 is 2.25 bits per heavy atom. The van der Waals surface area contributed by atoms with Gasteiger partial charge in [-0.1, -0.05) is 11.6 Å². The highest BCUT2D eigenvalue weighted by Crippen LogP contribution is 2.21. The largest absolute Gasteiger partial charge is 0.372 e. The summed E-state index contributed by atoms with van der Waals surface area (Å²) >= 11 is 6.10. The molecule has 1 amide bonds. The highest BCUT2D eigenvalue weighted by atomic mass is 35.5. The zero-order valence-corrected chi connectivity index (χ0v) is 12.9. The Bertz CT molecular complexity index is 494. The number of anilines is 1. The van der Waals surface area contributed by atoms with Crippen LogP contribution >= 0.6 is 11.6 Å². The molecular formula is C14H21ClN4O. The van der Waals surface area contributed by atoms with Crippen molar-refractivity contribution in [1.29, 1.82) is 0 Å². The Morgan fingerprint density at radius 3 is 2.90 bits per heavy atom. The highest BCUT2D eigenvalue weighted by Gasteiger charge is 2.25. The van der Waals surface area contributed by atoms with E-state index in [9.17, 15) is 4.79 Å². The molecule has 110 valence electrons. The average molecular weight is 297 g/mol. The van der Waals surface area contributed by atoms with Crippen LogP contribution in [-0.2, 0) is 0 Å². The Balaban J connectivity index is 2.19. The predicted octanol–water partition coefficient (Wildman–Crippen LogP) is 1.94. The molecule has 0 radical (unpaired) electrons. The van der Waals surface area contributed by atoms with Gasteiger partial charge in [0.2, 0.25) is 0 Å². The maximum Gasteiger partial charge on any atom is 0.255 e. The summed E-state index contributed by atoms with van der Waals surface area (Å²) in [5.74, 6) is 0.594. The number of amides is 1. The lowest BCUT2D eigenvalue weighted by Gasteiger charge is -2.28. The van der Waals surface area contributed by atoms with Crippen LogP contribution in [0.2, 0.25) is 5.02 Å². The molecule has 1 unspecified atom stereocenters. The van der Waals surface area contributed by atoms with Gasteiger partial charge in [-0.3, -0.25) is 4.79 Å². The van der Waals surface area contributed by atoms with Crippen molar-refractivity contribution in [3.63, 3.8) is 0 Å². The van der Waals surface area contributed by atoms with Crippen LogP contribution in [0.1, 0.15) is 23.7 Å². The third kappa shape index (κ3) is 3.22. The van der Waals surface area contributed by atoms with Gasteiger partial charge in [0.1, 0.15) is 5.82 Å². The minimum atomic E-state index is 0.00449. The first-order valence-electron chi connectivity index (χ1n) is 6.85. The van der Waals surface area contributed by atoms with Crippen LogP contribution in [0.15, 0.2) is 12.3 Å². The van der Waals surface area contributed by atoms with Gasteiger partial charge in [0.05, 0.1) is 10.6 Å². The van der Waals surface area contributed by atoms with Crippen molar-refractivity contribution in [2.75, 3.05) is 39.0 Å². The van der Waals surface area contributed by atoms with E-state index in [2.05, 4.69) is 29.2 Å². The maximum absolute atomic E-state index is 12.6. The Labute approximate surface area is 124 Å². The van der Waals surface area contributed by atoms with Crippen LogP contribution in [-0.4, -0.2) is 60.5 Å². The molecule has 5 nitrogen and oxygen atoms in total. The number of nitrogens with zero attached hydrogens (tertiary/aromatic N) is 3. The van der Waals surface area contributed by atoms with Gasteiger partial charge in [-0.15, -0.1) is 0 Å². The van der Waals surface area contributed by atoms with E-state index in [1.165, 1.54) is 0 Å². The monoisotopic (exact) mass is 296 g/mol. The fourth-order valence-electron chi connectivity index (χ4n) is 2.58. The molecule has 0 aliphatic carbocycles. The molecule has 0 aromatic carbocycles. The van der Waals surface area contributed by atoms with Gasteiger partial charge in [0.25, 0.3) is 5.91 Å².